The second-order valence-corrected chi connectivity index (χ2v) is 6.12. The fourth-order valence-electron chi connectivity index (χ4n) is 2.27. The lowest BCUT2D eigenvalue weighted by Crippen LogP contribution is -2.32. The SMILES string of the molecule is COc1ccc(CN=C(N)NCCCc2nc(C(C)C)no2)cc1OC. The summed E-state index contributed by atoms with van der Waals surface area (Å²) < 4.78 is 15.7. The fraction of sp³-hybridized carbons (Fsp3) is 0.500. The number of nitrogens with zero attached hydrogens (tertiary/aromatic N) is 3. The first-order chi connectivity index (χ1) is 12.5. The zero-order chi connectivity index (χ0) is 18.9. The molecule has 0 saturated heterocycles. The Hall–Kier alpha value is -2.77. The number of hydrogen-bond donors (Lipinski definition) is 2. The third-order valence-corrected chi connectivity index (χ3v) is 3.75. The number of aliphatic imine (C=N–C) groups is 1. The van der Waals surface area contributed by atoms with Gasteiger partial charge in [0.1, 0.15) is 0 Å². The molecule has 0 radical (unpaired) electrons. The number of nitrogens with one attached hydrogen (secondary N) is 1. The molecule has 0 unspecified atom stereocenters. The number of ether oxygens (including phenoxy) is 2. The van der Waals surface area contributed by atoms with E-state index in [0.717, 1.165) is 17.8 Å². The summed E-state index contributed by atoms with van der Waals surface area (Å²) in [7, 11) is 3.21. The van der Waals surface area contributed by atoms with Crippen LogP contribution in [0.1, 0.15) is 43.5 Å². The zero-order valence-corrected chi connectivity index (χ0v) is 15.8. The van der Waals surface area contributed by atoms with E-state index in [1.807, 2.05) is 32.0 Å². The van der Waals surface area contributed by atoms with Crippen molar-refractivity contribution in [2.75, 3.05) is 20.8 Å². The molecule has 1 aromatic heterocycles. The molecule has 1 heterocycles. The molecule has 0 saturated carbocycles. The van der Waals surface area contributed by atoms with Gasteiger partial charge in [0.05, 0.1) is 20.8 Å². The van der Waals surface area contributed by atoms with Gasteiger partial charge < -0.3 is 25.0 Å². The maximum absolute atomic E-state index is 5.90. The van der Waals surface area contributed by atoms with Gasteiger partial charge in [0.15, 0.2) is 23.3 Å². The van der Waals surface area contributed by atoms with Gasteiger partial charge in [-0.25, -0.2) is 4.99 Å². The van der Waals surface area contributed by atoms with E-state index < -0.39 is 0 Å². The predicted molar refractivity (Wildman–Crippen MR) is 99.6 cm³/mol. The van der Waals surface area contributed by atoms with Gasteiger partial charge in [-0.2, -0.15) is 4.98 Å². The van der Waals surface area contributed by atoms with Gasteiger partial charge in [-0.3, -0.25) is 0 Å². The maximum Gasteiger partial charge on any atom is 0.226 e. The van der Waals surface area contributed by atoms with Gasteiger partial charge in [0, 0.05) is 18.9 Å². The van der Waals surface area contributed by atoms with Crippen molar-refractivity contribution in [3.8, 4) is 11.5 Å². The van der Waals surface area contributed by atoms with Crippen LogP contribution in [0.4, 0.5) is 0 Å². The normalized spacial score (nSPS) is 11.7. The van der Waals surface area contributed by atoms with Crippen LogP contribution in [0.2, 0.25) is 0 Å². The van der Waals surface area contributed by atoms with Gasteiger partial charge in [-0.15, -0.1) is 0 Å². The summed E-state index contributed by atoms with van der Waals surface area (Å²) in [5.74, 6) is 3.42. The Labute approximate surface area is 153 Å². The van der Waals surface area contributed by atoms with Crippen molar-refractivity contribution in [3.63, 3.8) is 0 Å². The summed E-state index contributed by atoms with van der Waals surface area (Å²) in [5.41, 5.74) is 6.89. The topological polar surface area (TPSA) is 108 Å². The monoisotopic (exact) mass is 361 g/mol. The van der Waals surface area contributed by atoms with E-state index in [2.05, 4.69) is 20.4 Å². The van der Waals surface area contributed by atoms with Gasteiger partial charge >= 0.3 is 0 Å². The number of methoxy groups -OCH3 is 2. The highest BCUT2D eigenvalue weighted by Crippen LogP contribution is 2.27. The van der Waals surface area contributed by atoms with Crippen molar-refractivity contribution in [3.05, 3.63) is 35.5 Å². The average Bonchev–Trinajstić information content (AvgIpc) is 3.12. The van der Waals surface area contributed by atoms with Gasteiger partial charge in [-0.1, -0.05) is 25.1 Å². The van der Waals surface area contributed by atoms with Crippen LogP contribution in [-0.4, -0.2) is 36.9 Å². The van der Waals surface area contributed by atoms with Crippen LogP contribution < -0.4 is 20.5 Å². The number of benzene rings is 1. The lowest BCUT2D eigenvalue weighted by atomic mass is 10.2. The number of rotatable bonds is 9. The molecular formula is C18H27N5O3. The highest BCUT2D eigenvalue weighted by atomic mass is 16.5. The van der Waals surface area contributed by atoms with Crippen LogP contribution in [0.15, 0.2) is 27.7 Å². The molecule has 26 heavy (non-hydrogen) atoms. The predicted octanol–water partition coefficient (Wildman–Crippen LogP) is 2.25. The van der Waals surface area contributed by atoms with E-state index in [1.165, 1.54) is 0 Å². The van der Waals surface area contributed by atoms with E-state index in [9.17, 15) is 0 Å². The maximum atomic E-state index is 5.90. The smallest absolute Gasteiger partial charge is 0.226 e. The first kappa shape index (κ1) is 19.6. The van der Waals surface area contributed by atoms with Crippen LogP contribution in [0.3, 0.4) is 0 Å². The molecule has 0 aliphatic heterocycles. The number of aryl methyl sites for hydroxylation is 1. The number of aromatic nitrogens is 2. The van der Waals surface area contributed by atoms with E-state index in [4.69, 9.17) is 19.7 Å². The number of hydrogen-bond acceptors (Lipinski definition) is 6. The molecule has 0 aliphatic carbocycles. The van der Waals surface area contributed by atoms with Crippen molar-refractivity contribution in [1.29, 1.82) is 0 Å². The Morgan fingerprint density at radius 1 is 1.27 bits per heavy atom. The van der Waals surface area contributed by atoms with Gasteiger partial charge in [0.25, 0.3) is 0 Å². The summed E-state index contributed by atoms with van der Waals surface area (Å²) >= 11 is 0. The summed E-state index contributed by atoms with van der Waals surface area (Å²) in [6, 6.07) is 5.67. The average molecular weight is 361 g/mol. The van der Waals surface area contributed by atoms with Crippen molar-refractivity contribution in [2.45, 2.75) is 39.2 Å². The van der Waals surface area contributed by atoms with Crippen LogP contribution in [-0.2, 0) is 13.0 Å². The lowest BCUT2D eigenvalue weighted by molar-refractivity contribution is 0.354. The van der Waals surface area contributed by atoms with Crippen LogP contribution in [0.5, 0.6) is 11.5 Å². The molecule has 8 heteroatoms. The molecule has 8 nitrogen and oxygen atoms in total. The van der Waals surface area contributed by atoms with Gasteiger partial charge in [-0.05, 0) is 24.1 Å². The lowest BCUT2D eigenvalue weighted by Gasteiger charge is -2.09. The quantitative estimate of drug-likeness (QED) is 0.400. The summed E-state index contributed by atoms with van der Waals surface area (Å²) in [5, 5.41) is 7.03. The Morgan fingerprint density at radius 2 is 2.04 bits per heavy atom. The zero-order valence-electron chi connectivity index (χ0n) is 15.8. The minimum absolute atomic E-state index is 0.269. The first-order valence-corrected chi connectivity index (χ1v) is 8.60. The number of guanidine groups is 1. The second-order valence-electron chi connectivity index (χ2n) is 6.12. The standard InChI is InChI=1S/C18H27N5O3/c1-12(2)17-22-16(26-23-17)6-5-9-20-18(19)21-11-13-7-8-14(24-3)15(10-13)25-4/h7-8,10,12H,5-6,9,11H2,1-4H3,(H3,19,20,21). The third kappa shape index (κ3) is 5.65. The van der Waals surface area contributed by atoms with Crippen molar-refractivity contribution < 1.29 is 14.0 Å². The van der Waals surface area contributed by atoms with E-state index in [0.29, 0.717) is 42.9 Å². The van der Waals surface area contributed by atoms with Crippen molar-refractivity contribution in [1.82, 2.24) is 15.5 Å². The van der Waals surface area contributed by atoms with Gasteiger partial charge in [0.2, 0.25) is 5.89 Å². The van der Waals surface area contributed by atoms with E-state index >= 15 is 0 Å². The highest BCUT2D eigenvalue weighted by molar-refractivity contribution is 5.77. The highest BCUT2D eigenvalue weighted by Gasteiger charge is 2.09. The Bertz CT molecular complexity index is 727. The first-order valence-electron chi connectivity index (χ1n) is 8.60. The molecule has 2 rings (SSSR count). The molecule has 0 fully saturated rings. The third-order valence-electron chi connectivity index (χ3n) is 3.75. The summed E-state index contributed by atoms with van der Waals surface area (Å²) in [4.78, 5) is 8.68. The molecular weight excluding hydrogens is 334 g/mol. The van der Waals surface area contributed by atoms with E-state index in [-0.39, 0.29) is 5.92 Å². The summed E-state index contributed by atoms with van der Waals surface area (Å²) in [6.07, 6.45) is 1.53. The number of nitrogens with two attached hydrogens (primary N) is 1. The molecule has 142 valence electrons. The Morgan fingerprint density at radius 3 is 2.69 bits per heavy atom. The Balaban J connectivity index is 1.76. The van der Waals surface area contributed by atoms with Crippen molar-refractivity contribution >= 4 is 5.96 Å². The van der Waals surface area contributed by atoms with Crippen LogP contribution in [0, 0.1) is 0 Å². The molecule has 0 bridgehead atoms. The van der Waals surface area contributed by atoms with E-state index in [1.54, 1.807) is 14.2 Å². The molecule has 2 aromatic rings. The minimum Gasteiger partial charge on any atom is -0.493 e. The molecule has 0 amide bonds. The van der Waals surface area contributed by atoms with Crippen molar-refractivity contribution in [2.24, 2.45) is 10.7 Å². The molecule has 0 atom stereocenters. The van der Waals surface area contributed by atoms with Crippen LogP contribution >= 0.6 is 0 Å². The molecule has 0 spiro atoms. The minimum atomic E-state index is 0.269. The van der Waals surface area contributed by atoms with Crippen LogP contribution in [0.25, 0.3) is 0 Å². The Kier molecular flexibility index (Phi) is 7.25. The fourth-order valence-corrected chi connectivity index (χ4v) is 2.27. The molecule has 3 N–H and O–H groups in total. The summed E-state index contributed by atoms with van der Waals surface area (Å²) in [6.45, 7) is 5.21. The molecule has 0 aliphatic rings. The second kappa shape index (κ2) is 9.65. The largest absolute Gasteiger partial charge is 0.493 e. The molecule has 1 aromatic carbocycles.